The van der Waals surface area contributed by atoms with Crippen molar-refractivity contribution in [3.8, 4) is 0 Å². The molecule has 2 aromatic carbocycles. The van der Waals surface area contributed by atoms with E-state index in [1.165, 1.54) is 6.21 Å². The maximum Gasteiger partial charge on any atom is 0.307 e. The first-order valence-electron chi connectivity index (χ1n) is 9.86. The second-order valence-corrected chi connectivity index (χ2v) is 10.3. The molecule has 0 saturated carbocycles. The first-order valence-corrected chi connectivity index (χ1v) is 11.4. The maximum absolute atomic E-state index is 14.7. The Kier molecular flexibility index (Phi) is 5.72. The van der Waals surface area contributed by atoms with E-state index in [4.69, 9.17) is 4.42 Å². The van der Waals surface area contributed by atoms with Crippen molar-refractivity contribution < 1.29 is 13.6 Å². The van der Waals surface area contributed by atoms with Gasteiger partial charge < -0.3 is 9.32 Å². The van der Waals surface area contributed by atoms with Crippen LogP contribution < -0.4 is 10.3 Å². The van der Waals surface area contributed by atoms with Crippen LogP contribution in [0.1, 0.15) is 54.8 Å². The summed E-state index contributed by atoms with van der Waals surface area (Å²) < 4.78 is 22.0. The minimum absolute atomic E-state index is 0.0421. The minimum Gasteiger partial charge on any atom is -0.450 e. The van der Waals surface area contributed by atoms with E-state index in [1.807, 2.05) is 25.2 Å². The van der Waals surface area contributed by atoms with E-state index in [1.54, 1.807) is 12.1 Å². The zero-order valence-electron chi connectivity index (χ0n) is 17.6. The molecular formula is C23H22Br2FN3O2. The van der Waals surface area contributed by atoms with Gasteiger partial charge in [0.25, 0.3) is 0 Å². The van der Waals surface area contributed by atoms with E-state index in [9.17, 15) is 9.18 Å². The van der Waals surface area contributed by atoms with Crippen molar-refractivity contribution >= 4 is 60.6 Å². The van der Waals surface area contributed by atoms with Gasteiger partial charge in [-0.15, -0.1) is 0 Å². The number of anilines is 1. The highest BCUT2D eigenvalue weighted by atomic mass is 79.9. The second-order valence-electron chi connectivity index (χ2n) is 8.52. The lowest BCUT2D eigenvalue weighted by Gasteiger charge is -2.45. The molecule has 162 valence electrons. The number of fused-ring (bicyclic) bond motifs is 2. The van der Waals surface area contributed by atoms with Gasteiger partial charge in [-0.05, 0) is 78.0 Å². The molecule has 0 bridgehead atoms. The lowest BCUT2D eigenvalue weighted by molar-refractivity contribution is 0.0929. The summed E-state index contributed by atoms with van der Waals surface area (Å²) >= 11 is 6.83. The van der Waals surface area contributed by atoms with Crippen molar-refractivity contribution in [1.82, 2.24) is 5.43 Å². The zero-order chi connectivity index (χ0) is 22.5. The molecule has 2 heterocycles. The third-order valence-electron chi connectivity index (χ3n) is 5.88. The number of amides is 1. The van der Waals surface area contributed by atoms with Crippen LogP contribution >= 0.6 is 31.9 Å². The number of carbonyl (C=O) groups is 1. The predicted octanol–water partition coefficient (Wildman–Crippen LogP) is 6.58. The molecule has 0 spiro atoms. The van der Waals surface area contributed by atoms with Gasteiger partial charge in [-0.25, -0.2) is 9.82 Å². The van der Waals surface area contributed by atoms with Crippen LogP contribution in [-0.2, 0) is 0 Å². The molecule has 1 amide bonds. The Morgan fingerprint density at radius 2 is 2.03 bits per heavy atom. The Morgan fingerprint density at radius 1 is 1.29 bits per heavy atom. The maximum atomic E-state index is 14.7. The Balaban J connectivity index is 1.55. The SMILES string of the molecule is CC1CC(C)(C)N(C)c2cc(F)c(/C=N\NC(=O)c3cc4cc(Br)cc(Br)c4o3)cc21. The number of furan rings is 1. The van der Waals surface area contributed by atoms with Crippen LogP contribution in [0.25, 0.3) is 11.0 Å². The number of halogens is 3. The number of rotatable bonds is 3. The van der Waals surface area contributed by atoms with Crippen LogP contribution in [0.2, 0.25) is 0 Å². The van der Waals surface area contributed by atoms with Crippen LogP contribution in [0.15, 0.2) is 48.8 Å². The summed E-state index contributed by atoms with van der Waals surface area (Å²) in [6.45, 7) is 6.46. The summed E-state index contributed by atoms with van der Waals surface area (Å²) in [4.78, 5) is 14.6. The lowest BCUT2D eigenvalue weighted by Crippen LogP contribution is -2.45. The van der Waals surface area contributed by atoms with E-state index in [-0.39, 0.29) is 23.0 Å². The third kappa shape index (κ3) is 4.15. The molecule has 0 saturated heterocycles. The number of nitrogens with zero attached hydrogens (tertiary/aromatic N) is 2. The van der Waals surface area contributed by atoms with Crippen LogP contribution in [0.5, 0.6) is 0 Å². The zero-order valence-corrected chi connectivity index (χ0v) is 20.8. The molecule has 5 nitrogen and oxygen atoms in total. The number of carbonyl (C=O) groups excluding carboxylic acids is 1. The van der Waals surface area contributed by atoms with Gasteiger partial charge in [-0.3, -0.25) is 4.79 Å². The average Bonchev–Trinajstić information content (AvgIpc) is 3.11. The van der Waals surface area contributed by atoms with Gasteiger partial charge >= 0.3 is 5.91 Å². The molecule has 1 aromatic heterocycles. The largest absolute Gasteiger partial charge is 0.450 e. The van der Waals surface area contributed by atoms with Gasteiger partial charge in [0.2, 0.25) is 0 Å². The molecule has 4 rings (SSSR count). The van der Waals surface area contributed by atoms with Crippen molar-refractivity contribution in [2.24, 2.45) is 5.10 Å². The molecule has 3 aromatic rings. The van der Waals surface area contributed by atoms with E-state index < -0.39 is 5.91 Å². The Bertz CT molecular complexity index is 1220. The van der Waals surface area contributed by atoms with Crippen LogP contribution in [0, 0.1) is 5.82 Å². The van der Waals surface area contributed by atoms with Crippen molar-refractivity contribution in [3.63, 3.8) is 0 Å². The topological polar surface area (TPSA) is 57.8 Å². The van der Waals surface area contributed by atoms with E-state index in [0.29, 0.717) is 11.1 Å². The summed E-state index contributed by atoms with van der Waals surface area (Å²) in [5, 5.41) is 4.73. The summed E-state index contributed by atoms with van der Waals surface area (Å²) in [7, 11) is 1.99. The Labute approximate surface area is 196 Å². The fourth-order valence-electron chi connectivity index (χ4n) is 4.11. The summed E-state index contributed by atoms with van der Waals surface area (Å²) in [6, 6.07) is 8.68. The molecule has 1 N–H and O–H groups in total. The first-order chi connectivity index (χ1) is 14.6. The third-order valence-corrected chi connectivity index (χ3v) is 6.93. The Hall–Kier alpha value is -2.19. The van der Waals surface area contributed by atoms with E-state index >= 15 is 0 Å². The summed E-state index contributed by atoms with van der Waals surface area (Å²) in [6.07, 6.45) is 2.29. The van der Waals surface area contributed by atoms with Crippen LogP contribution in [0.4, 0.5) is 10.1 Å². The van der Waals surface area contributed by atoms with Gasteiger partial charge in [0.1, 0.15) is 11.4 Å². The number of hydrogen-bond donors (Lipinski definition) is 1. The molecule has 0 fully saturated rings. The Morgan fingerprint density at radius 3 is 2.77 bits per heavy atom. The normalized spacial score (nSPS) is 17.9. The van der Waals surface area contributed by atoms with Crippen LogP contribution in [-0.4, -0.2) is 24.7 Å². The van der Waals surface area contributed by atoms with Crippen molar-refractivity contribution in [1.29, 1.82) is 0 Å². The highest BCUT2D eigenvalue weighted by molar-refractivity contribution is 9.11. The van der Waals surface area contributed by atoms with Gasteiger partial charge in [-0.2, -0.15) is 5.10 Å². The summed E-state index contributed by atoms with van der Waals surface area (Å²) in [5.74, 6) is -0.485. The second kappa shape index (κ2) is 8.06. The number of nitrogens with one attached hydrogen (secondary N) is 1. The summed E-state index contributed by atoms with van der Waals surface area (Å²) in [5.41, 5.74) is 5.23. The fraction of sp³-hybridized carbons (Fsp3) is 0.304. The fourth-order valence-corrected chi connectivity index (χ4v) is 5.45. The van der Waals surface area contributed by atoms with Gasteiger partial charge in [0.15, 0.2) is 5.76 Å². The van der Waals surface area contributed by atoms with Crippen molar-refractivity contribution in [2.75, 3.05) is 11.9 Å². The van der Waals surface area contributed by atoms with Gasteiger partial charge in [0, 0.05) is 33.7 Å². The lowest BCUT2D eigenvalue weighted by atomic mass is 9.80. The highest BCUT2D eigenvalue weighted by Gasteiger charge is 2.34. The molecule has 1 aliphatic heterocycles. The predicted molar refractivity (Wildman–Crippen MR) is 129 cm³/mol. The van der Waals surface area contributed by atoms with Gasteiger partial charge in [0.05, 0.1) is 10.7 Å². The number of hydrazone groups is 1. The molecule has 1 aliphatic rings. The molecule has 0 aliphatic carbocycles. The average molecular weight is 551 g/mol. The monoisotopic (exact) mass is 549 g/mol. The quantitative estimate of drug-likeness (QED) is 0.296. The molecular weight excluding hydrogens is 529 g/mol. The molecule has 0 radical (unpaired) electrons. The molecule has 1 atom stereocenters. The standard InChI is InChI=1S/C23H22Br2FN3O2/c1-12-10-23(2,3)29(4)19-9-18(26)14(6-16(12)19)11-27-28-22(30)20-7-13-5-15(24)8-17(25)21(13)31-20/h5-9,11-12H,10H2,1-4H3,(H,28,30)/b27-11-. The number of benzene rings is 2. The van der Waals surface area contributed by atoms with Crippen LogP contribution in [0.3, 0.4) is 0 Å². The van der Waals surface area contributed by atoms with Crippen molar-refractivity contribution in [2.45, 2.75) is 38.6 Å². The van der Waals surface area contributed by atoms with E-state index in [0.717, 1.165) is 32.0 Å². The number of hydrogen-bond acceptors (Lipinski definition) is 4. The molecule has 1 unspecified atom stereocenters. The molecule has 8 heteroatoms. The van der Waals surface area contributed by atoms with Gasteiger partial charge in [-0.1, -0.05) is 22.9 Å². The minimum atomic E-state index is -0.510. The smallest absolute Gasteiger partial charge is 0.307 e. The van der Waals surface area contributed by atoms with E-state index in [2.05, 4.69) is 68.1 Å². The molecule has 31 heavy (non-hydrogen) atoms. The van der Waals surface area contributed by atoms with Crippen molar-refractivity contribution in [3.05, 3.63) is 62.0 Å². The highest BCUT2D eigenvalue weighted by Crippen LogP contribution is 2.43. The first kappa shape index (κ1) is 22.0.